The van der Waals surface area contributed by atoms with Crippen LogP contribution in [-0.2, 0) is 0 Å². The first-order chi connectivity index (χ1) is 6.67. The zero-order chi connectivity index (χ0) is 10.6. The molecule has 0 saturated carbocycles. The van der Waals surface area contributed by atoms with Gasteiger partial charge in [0.05, 0.1) is 6.54 Å². The molecule has 1 rings (SSSR count). The average molecular weight is 200 g/mol. The molecule has 1 heterocycles. The molecular formula is C9H20N4O. The summed E-state index contributed by atoms with van der Waals surface area (Å²) in [6, 6.07) is 0.593. The first-order valence-corrected chi connectivity index (χ1v) is 5.06. The van der Waals surface area contributed by atoms with Gasteiger partial charge in [0.1, 0.15) is 0 Å². The molecule has 1 aliphatic rings. The number of likely N-dealkylation sites (N-methyl/N-ethyl adjacent to an activating group) is 1. The minimum atomic E-state index is 0.296. The van der Waals surface area contributed by atoms with Gasteiger partial charge in [-0.1, -0.05) is 12.1 Å². The molecule has 82 valence electrons. The third-order valence-corrected chi connectivity index (χ3v) is 2.85. The number of nitrogens with zero attached hydrogens (tertiary/aromatic N) is 3. The minimum Gasteiger partial charge on any atom is -0.409 e. The summed E-state index contributed by atoms with van der Waals surface area (Å²) in [5.74, 6) is 0.296. The average Bonchev–Trinajstić information content (AvgIpc) is 2.20. The Morgan fingerprint density at radius 3 is 2.86 bits per heavy atom. The zero-order valence-corrected chi connectivity index (χ0v) is 8.98. The highest BCUT2D eigenvalue weighted by Crippen LogP contribution is 2.09. The highest BCUT2D eigenvalue weighted by atomic mass is 16.4. The van der Waals surface area contributed by atoms with E-state index in [1.807, 2.05) is 0 Å². The molecule has 5 nitrogen and oxygen atoms in total. The van der Waals surface area contributed by atoms with Crippen molar-refractivity contribution in [3.05, 3.63) is 0 Å². The van der Waals surface area contributed by atoms with Crippen molar-refractivity contribution >= 4 is 5.84 Å². The molecule has 1 aliphatic heterocycles. The fourth-order valence-electron chi connectivity index (χ4n) is 1.86. The van der Waals surface area contributed by atoms with E-state index >= 15 is 0 Å². The highest BCUT2D eigenvalue weighted by molar-refractivity contribution is 5.81. The van der Waals surface area contributed by atoms with E-state index < -0.39 is 0 Å². The lowest BCUT2D eigenvalue weighted by Crippen LogP contribution is -2.52. The van der Waals surface area contributed by atoms with Gasteiger partial charge < -0.3 is 15.8 Å². The molecule has 0 amide bonds. The van der Waals surface area contributed by atoms with Crippen LogP contribution in [0.15, 0.2) is 5.16 Å². The topological polar surface area (TPSA) is 65.1 Å². The molecule has 1 saturated heterocycles. The summed E-state index contributed by atoms with van der Waals surface area (Å²) in [4.78, 5) is 4.59. The molecule has 0 spiro atoms. The van der Waals surface area contributed by atoms with Crippen LogP contribution in [0, 0.1) is 0 Å². The molecule has 0 radical (unpaired) electrons. The number of amidine groups is 1. The van der Waals surface area contributed by atoms with Crippen LogP contribution >= 0.6 is 0 Å². The molecule has 14 heavy (non-hydrogen) atoms. The quantitative estimate of drug-likeness (QED) is 0.285. The first kappa shape index (κ1) is 11.3. The van der Waals surface area contributed by atoms with Crippen LogP contribution < -0.4 is 5.73 Å². The molecular weight excluding hydrogens is 180 g/mol. The van der Waals surface area contributed by atoms with E-state index in [0.29, 0.717) is 18.4 Å². The largest absolute Gasteiger partial charge is 0.409 e. The van der Waals surface area contributed by atoms with Crippen LogP contribution in [0.25, 0.3) is 0 Å². The maximum absolute atomic E-state index is 8.47. The van der Waals surface area contributed by atoms with Gasteiger partial charge in [0, 0.05) is 25.7 Å². The predicted molar refractivity (Wildman–Crippen MR) is 56.6 cm³/mol. The summed E-state index contributed by atoms with van der Waals surface area (Å²) in [6.07, 6.45) is 1.14. The monoisotopic (exact) mass is 200 g/mol. The van der Waals surface area contributed by atoms with E-state index in [0.717, 1.165) is 26.1 Å². The van der Waals surface area contributed by atoms with Crippen molar-refractivity contribution in [1.82, 2.24) is 9.80 Å². The van der Waals surface area contributed by atoms with E-state index in [4.69, 9.17) is 10.9 Å². The maximum Gasteiger partial charge on any atom is 0.153 e. The predicted octanol–water partition coefficient (Wildman–Crippen LogP) is -0.241. The lowest BCUT2D eigenvalue weighted by atomic mass is 10.1. The molecule has 3 N–H and O–H groups in total. The van der Waals surface area contributed by atoms with Gasteiger partial charge in [0.15, 0.2) is 5.84 Å². The molecule has 0 aromatic heterocycles. The SMILES string of the molecule is CCC1CN(CC(N)=NO)CCN1C. The molecule has 0 aromatic carbocycles. The van der Waals surface area contributed by atoms with Crippen molar-refractivity contribution in [3.63, 3.8) is 0 Å². The fraction of sp³-hybridized carbons (Fsp3) is 0.889. The number of rotatable bonds is 3. The van der Waals surface area contributed by atoms with Crippen molar-refractivity contribution in [2.75, 3.05) is 33.2 Å². The van der Waals surface area contributed by atoms with E-state index in [-0.39, 0.29) is 0 Å². The van der Waals surface area contributed by atoms with Crippen molar-refractivity contribution in [1.29, 1.82) is 0 Å². The maximum atomic E-state index is 8.47. The van der Waals surface area contributed by atoms with E-state index in [9.17, 15) is 0 Å². The Kier molecular flexibility index (Phi) is 4.16. The van der Waals surface area contributed by atoms with Crippen LogP contribution in [0.2, 0.25) is 0 Å². The van der Waals surface area contributed by atoms with Crippen molar-refractivity contribution < 1.29 is 5.21 Å². The molecule has 0 aromatic rings. The Morgan fingerprint density at radius 1 is 1.57 bits per heavy atom. The van der Waals surface area contributed by atoms with Gasteiger partial charge in [-0.05, 0) is 13.5 Å². The standard InChI is InChI=1S/C9H20N4O/c1-3-8-6-13(5-4-12(8)2)7-9(10)11-14/h8,14H,3-7H2,1-2H3,(H2,10,11). The van der Waals surface area contributed by atoms with Gasteiger partial charge in [-0.3, -0.25) is 4.90 Å². The van der Waals surface area contributed by atoms with Gasteiger partial charge in [0.25, 0.3) is 0 Å². The van der Waals surface area contributed by atoms with Crippen LogP contribution in [-0.4, -0.2) is 60.1 Å². The Balaban J connectivity index is 2.42. The van der Waals surface area contributed by atoms with Crippen LogP contribution in [0.4, 0.5) is 0 Å². The second-order valence-corrected chi connectivity index (χ2v) is 3.87. The second-order valence-electron chi connectivity index (χ2n) is 3.87. The summed E-state index contributed by atoms with van der Waals surface area (Å²) in [6.45, 7) is 5.80. The van der Waals surface area contributed by atoms with Crippen LogP contribution in [0.5, 0.6) is 0 Å². The summed E-state index contributed by atoms with van der Waals surface area (Å²) in [5.41, 5.74) is 5.47. The summed E-state index contributed by atoms with van der Waals surface area (Å²) in [7, 11) is 2.15. The number of hydrogen-bond acceptors (Lipinski definition) is 4. The van der Waals surface area contributed by atoms with Gasteiger partial charge in [-0.2, -0.15) is 0 Å². The molecule has 1 atom stereocenters. The van der Waals surface area contributed by atoms with Crippen LogP contribution in [0.1, 0.15) is 13.3 Å². The minimum absolute atomic E-state index is 0.296. The lowest BCUT2D eigenvalue weighted by molar-refractivity contribution is 0.104. The highest BCUT2D eigenvalue weighted by Gasteiger charge is 2.22. The third kappa shape index (κ3) is 2.85. The number of oxime groups is 1. The summed E-state index contributed by atoms with van der Waals surface area (Å²) < 4.78 is 0. The normalized spacial score (nSPS) is 26.7. The van der Waals surface area contributed by atoms with Crippen molar-refractivity contribution in [3.8, 4) is 0 Å². The van der Waals surface area contributed by atoms with E-state index in [1.165, 1.54) is 0 Å². The Bertz CT molecular complexity index is 207. The third-order valence-electron chi connectivity index (χ3n) is 2.85. The van der Waals surface area contributed by atoms with Gasteiger partial charge in [-0.15, -0.1) is 0 Å². The summed E-state index contributed by atoms with van der Waals surface area (Å²) in [5, 5.41) is 11.5. The second kappa shape index (κ2) is 5.17. The Hall–Kier alpha value is -0.810. The van der Waals surface area contributed by atoms with E-state index in [2.05, 4.69) is 28.9 Å². The lowest BCUT2D eigenvalue weighted by Gasteiger charge is -2.38. The smallest absolute Gasteiger partial charge is 0.153 e. The molecule has 0 bridgehead atoms. The number of hydrogen-bond donors (Lipinski definition) is 2. The zero-order valence-electron chi connectivity index (χ0n) is 8.98. The van der Waals surface area contributed by atoms with Crippen molar-refractivity contribution in [2.45, 2.75) is 19.4 Å². The van der Waals surface area contributed by atoms with Gasteiger partial charge >= 0.3 is 0 Å². The van der Waals surface area contributed by atoms with Gasteiger partial charge in [0.2, 0.25) is 0 Å². The Morgan fingerprint density at radius 2 is 2.29 bits per heavy atom. The van der Waals surface area contributed by atoms with E-state index in [1.54, 1.807) is 0 Å². The van der Waals surface area contributed by atoms with Gasteiger partial charge in [-0.25, -0.2) is 0 Å². The fourth-order valence-corrected chi connectivity index (χ4v) is 1.86. The Labute approximate surface area is 85.2 Å². The molecule has 1 fully saturated rings. The number of nitrogens with two attached hydrogens (primary N) is 1. The van der Waals surface area contributed by atoms with Crippen molar-refractivity contribution in [2.24, 2.45) is 10.9 Å². The number of piperazine rings is 1. The molecule has 5 heteroatoms. The summed E-state index contributed by atoms with van der Waals surface area (Å²) >= 11 is 0. The van der Waals surface area contributed by atoms with Crippen LogP contribution in [0.3, 0.4) is 0 Å². The molecule has 0 aliphatic carbocycles. The first-order valence-electron chi connectivity index (χ1n) is 5.06. The molecule has 1 unspecified atom stereocenters.